The number of hydrogen-bond donors (Lipinski definition) is 0. The van der Waals surface area contributed by atoms with E-state index < -0.39 is 0 Å². The molecule has 0 aromatic carbocycles. The maximum atomic E-state index is 5.95. The van der Waals surface area contributed by atoms with Gasteiger partial charge in [-0.3, -0.25) is 4.90 Å². The maximum Gasteiger partial charge on any atom is 0.131 e. The van der Waals surface area contributed by atoms with Gasteiger partial charge in [-0.15, -0.1) is 0 Å². The van der Waals surface area contributed by atoms with Crippen molar-refractivity contribution >= 4 is 17.4 Å². The van der Waals surface area contributed by atoms with E-state index in [1.165, 1.54) is 32.4 Å². The molecule has 1 aromatic heterocycles. The average molecular weight is 252 g/mol. The zero-order valence-electron chi connectivity index (χ0n) is 9.98. The standard InChI is InChI=1S/C13H18ClN3/c14-12-5-3-6-13(15-12)17-9-8-16-7-2-1-4-11(16)10-17/h3,5-6,11H,1-2,4,7-10H2. The summed E-state index contributed by atoms with van der Waals surface area (Å²) in [5, 5.41) is 0.591. The van der Waals surface area contributed by atoms with E-state index >= 15 is 0 Å². The molecule has 4 heteroatoms. The molecule has 0 bridgehead atoms. The molecular formula is C13H18ClN3. The normalized spacial score (nSPS) is 25.7. The van der Waals surface area contributed by atoms with Crippen LogP contribution in [0, 0.1) is 0 Å². The smallest absolute Gasteiger partial charge is 0.131 e. The minimum absolute atomic E-state index is 0.591. The summed E-state index contributed by atoms with van der Waals surface area (Å²) in [6.45, 7) is 4.62. The molecule has 1 aromatic rings. The van der Waals surface area contributed by atoms with E-state index in [4.69, 9.17) is 11.6 Å². The van der Waals surface area contributed by atoms with Crippen molar-refractivity contribution in [2.75, 3.05) is 31.1 Å². The summed E-state index contributed by atoms with van der Waals surface area (Å²) in [6, 6.07) is 6.60. The number of anilines is 1. The molecule has 1 unspecified atom stereocenters. The van der Waals surface area contributed by atoms with Crippen molar-refractivity contribution in [2.45, 2.75) is 25.3 Å². The molecular weight excluding hydrogens is 234 g/mol. The fourth-order valence-electron chi connectivity index (χ4n) is 2.94. The Bertz CT molecular complexity index is 396. The third-order valence-electron chi connectivity index (χ3n) is 3.86. The molecule has 0 aliphatic carbocycles. The summed E-state index contributed by atoms with van der Waals surface area (Å²) >= 11 is 5.95. The van der Waals surface area contributed by atoms with Gasteiger partial charge in [-0.25, -0.2) is 4.98 Å². The average Bonchev–Trinajstić information content (AvgIpc) is 2.38. The molecule has 92 valence electrons. The highest BCUT2D eigenvalue weighted by Gasteiger charge is 2.29. The number of nitrogens with zero attached hydrogens (tertiary/aromatic N) is 3. The van der Waals surface area contributed by atoms with Crippen LogP contribution in [0.3, 0.4) is 0 Å². The van der Waals surface area contributed by atoms with Gasteiger partial charge in [-0.1, -0.05) is 24.1 Å². The van der Waals surface area contributed by atoms with Crippen molar-refractivity contribution in [1.29, 1.82) is 0 Å². The number of halogens is 1. The number of fused-ring (bicyclic) bond motifs is 1. The van der Waals surface area contributed by atoms with Gasteiger partial charge < -0.3 is 4.90 Å². The summed E-state index contributed by atoms with van der Waals surface area (Å²) in [7, 11) is 0. The molecule has 0 N–H and O–H groups in total. The van der Waals surface area contributed by atoms with E-state index in [2.05, 4.69) is 20.9 Å². The van der Waals surface area contributed by atoms with Crippen LogP contribution < -0.4 is 4.90 Å². The van der Waals surface area contributed by atoms with Gasteiger partial charge in [0.1, 0.15) is 11.0 Å². The minimum Gasteiger partial charge on any atom is -0.354 e. The Kier molecular flexibility index (Phi) is 3.21. The number of piperidine rings is 1. The zero-order chi connectivity index (χ0) is 11.7. The molecule has 2 aliphatic rings. The predicted molar refractivity (Wildman–Crippen MR) is 70.7 cm³/mol. The second kappa shape index (κ2) is 4.83. The van der Waals surface area contributed by atoms with Crippen LogP contribution in [0.2, 0.25) is 5.15 Å². The van der Waals surface area contributed by atoms with E-state index in [-0.39, 0.29) is 0 Å². The Hall–Kier alpha value is -0.800. The molecule has 2 saturated heterocycles. The van der Waals surface area contributed by atoms with Crippen molar-refractivity contribution < 1.29 is 0 Å². The molecule has 0 amide bonds. The Balaban J connectivity index is 1.73. The number of piperazine rings is 1. The van der Waals surface area contributed by atoms with Crippen LogP contribution >= 0.6 is 11.6 Å². The monoisotopic (exact) mass is 251 g/mol. The quantitative estimate of drug-likeness (QED) is 0.715. The lowest BCUT2D eigenvalue weighted by Gasteiger charge is -2.44. The zero-order valence-corrected chi connectivity index (χ0v) is 10.7. The third-order valence-corrected chi connectivity index (χ3v) is 4.07. The van der Waals surface area contributed by atoms with Crippen LogP contribution in [0.25, 0.3) is 0 Å². The molecule has 17 heavy (non-hydrogen) atoms. The van der Waals surface area contributed by atoms with E-state index in [0.717, 1.165) is 24.9 Å². The first-order chi connectivity index (χ1) is 8.33. The van der Waals surface area contributed by atoms with E-state index in [1.54, 1.807) is 0 Å². The molecule has 3 nitrogen and oxygen atoms in total. The number of rotatable bonds is 1. The molecule has 0 spiro atoms. The number of aromatic nitrogens is 1. The largest absolute Gasteiger partial charge is 0.354 e. The van der Waals surface area contributed by atoms with Crippen LogP contribution in [-0.4, -0.2) is 42.1 Å². The van der Waals surface area contributed by atoms with Crippen LogP contribution in [-0.2, 0) is 0 Å². The van der Waals surface area contributed by atoms with Gasteiger partial charge >= 0.3 is 0 Å². The second-order valence-corrected chi connectivity index (χ2v) is 5.34. The Morgan fingerprint density at radius 1 is 1.18 bits per heavy atom. The maximum absolute atomic E-state index is 5.95. The van der Waals surface area contributed by atoms with Gasteiger partial charge in [-0.2, -0.15) is 0 Å². The van der Waals surface area contributed by atoms with Gasteiger partial charge in [0.05, 0.1) is 0 Å². The van der Waals surface area contributed by atoms with Gasteiger partial charge in [0, 0.05) is 25.7 Å². The molecule has 3 rings (SSSR count). The Morgan fingerprint density at radius 3 is 3.00 bits per heavy atom. The Labute approximate surface area is 107 Å². The fourth-order valence-corrected chi connectivity index (χ4v) is 3.10. The first-order valence-corrected chi connectivity index (χ1v) is 6.82. The van der Waals surface area contributed by atoms with Crippen LogP contribution in [0.4, 0.5) is 5.82 Å². The fraction of sp³-hybridized carbons (Fsp3) is 0.615. The van der Waals surface area contributed by atoms with Gasteiger partial charge in [0.2, 0.25) is 0 Å². The first-order valence-electron chi connectivity index (χ1n) is 6.44. The van der Waals surface area contributed by atoms with Crippen LogP contribution in [0.1, 0.15) is 19.3 Å². The summed E-state index contributed by atoms with van der Waals surface area (Å²) in [4.78, 5) is 9.41. The lowest BCUT2D eigenvalue weighted by Crippen LogP contribution is -2.55. The summed E-state index contributed by atoms with van der Waals surface area (Å²) in [5.41, 5.74) is 0. The van der Waals surface area contributed by atoms with Gasteiger partial charge in [0.15, 0.2) is 0 Å². The predicted octanol–water partition coefficient (Wildman–Crippen LogP) is 2.41. The number of pyridine rings is 1. The van der Waals surface area contributed by atoms with E-state index in [1.807, 2.05) is 12.1 Å². The highest BCUT2D eigenvalue weighted by molar-refractivity contribution is 6.29. The lowest BCUT2D eigenvalue weighted by molar-refractivity contribution is 0.133. The third kappa shape index (κ3) is 2.40. The van der Waals surface area contributed by atoms with Gasteiger partial charge in [-0.05, 0) is 31.5 Å². The molecule has 0 saturated carbocycles. The highest BCUT2D eigenvalue weighted by atomic mass is 35.5. The summed E-state index contributed by atoms with van der Waals surface area (Å²) in [6.07, 6.45) is 4.07. The van der Waals surface area contributed by atoms with Crippen LogP contribution in [0.5, 0.6) is 0 Å². The van der Waals surface area contributed by atoms with Crippen molar-refractivity contribution in [2.24, 2.45) is 0 Å². The van der Waals surface area contributed by atoms with Crippen LogP contribution in [0.15, 0.2) is 18.2 Å². The summed E-state index contributed by atoms with van der Waals surface area (Å²) < 4.78 is 0. The SMILES string of the molecule is Clc1cccc(N2CCN3CCCCC3C2)n1. The van der Waals surface area contributed by atoms with Crippen molar-refractivity contribution in [3.8, 4) is 0 Å². The molecule has 2 fully saturated rings. The van der Waals surface area contributed by atoms with Crippen molar-refractivity contribution in [1.82, 2.24) is 9.88 Å². The molecule has 1 atom stereocenters. The number of hydrogen-bond acceptors (Lipinski definition) is 3. The topological polar surface area (TPSA) is 19.4 Å². The van der Waals surface area contributed by atoms with E-state index in [9.17, 15) is 0 Å². The second-order valence-electron chi connectivity index (χ2n) is 4.95. The Morgan fingerprint density at radius 2 is 2.12 bits per heavy atom. The molecule has 0 radical (unpaired) electrons. The minimum atomic E-state index is 0.591. The summed E-state index contributed by atoms with van der Waals surface area (Å²) in [5.74, 6) is 1.03. The molecule has 2 aliphatic heterocycles. The lowest BCUT2D eigenvalue weighted by atomic mass is 9.99. The van der Waals surface area contributed by atoms with Crippen molar-refractivity contribution in [3.05, 3.63) is 23.4 Å². The van der Waals surface area contributed by atoms with Gasteiger partial charge in [0.25, 0.3) is 0 Å². The van der Waals surface area contributed by atoms with E-state index in [0.29, 0.717) is 5.15 Å². The molecule has 3 heterocycles. The van der Waals surface area contributed by atoms with Crippen molar-refractivity contribution in [3.63, 3.8) is 0 Å². The highest BCUT2D eigenvalue weighted by Crippen LogP contribution is 2.24. The first kappa shape index (κ1) is 11.3.